The number of hydrogen-bond acceptors (Lipinski definition) is 2. The minimum atomic E-state index is -0.856. The van der Waals surface area contributed by atoms with E-state index in [1.807, 2.05) is 13.0 Å². The van der Waals surface area contributed by atoms with Crippen LogP contribution in [0.5, 0.6) is 0 Å². The molecule has 19 heavy (non-hydrogen) atoms. The molecule has 0 aliphatic heterocycles. The molecular formula is C15H12F2N2. The Kier molecular flexibility index (Phi) is 3.76. The van der Waals surface area contributed by atoms with Crippen molar-refractivity contribution in [2.75, 3.05) is 5.32 Å². The molecule has 0 amide bonds. The lowest BCUT2D eigenvalue weighted by atomic mass is 10.1. The van der Waals surface area contributed by atoms with Crippen LogP contribution in [0, 0.1) is 23.0 Å². The van der Waals surface area contributed by atoms with Crippen LogP contribution in [0.15, 0.2) is 42.5 Å². The summed E-state index contributed by atoms with van der Waals surface area (Å²) in [6.07, 6.45) is 0. The maximum atomic E-state index is 13.1. The first-order chi connectivity index (χ1) is 9.10. The fourth-order valence-electron chi connectivity index (χ4n) is 1.76. The molecule has 1 N–H and O–H groups in total. The van der Waals surface area contributed by atoms with Crippen molar-refractivity contribution >= 4 is 5.69 Å². The molecule has 0 saturated carbocycles. The number of rotatable bonds is 3. The molecular weight excluding hydrogens is 246 g/mol. The average Bonchev–Trinajstić information content (AvgIpc) is 2.42. The highest BCUT2D eigenvalue weighted by atomic mass is 19.2. The first-order valence-corrected chi connectivity index (χ1v) is 5.82. The number of nitrogens with zero attached hydrogens (tertiary/aromatic N) is 1. The highest BCUT2D eigenvalue weighted by Crippen LogP contribution is 2.21. The Morgan fingerprint density at radius 2 is 1.74 bits per heavy atom. The summed E-state index contributed by atoms with van der Waals surface area (Å²) in [5.41, 5.74) is 2.05. The van der Waals surface area contributed by atoms with Crippen LogP contribution in [0.3, 0.4) is 0 Å². The van der Waals surface area contributed by atoms with Crippen molar-refractivity contribution in [3.63, 3.8) is 0 Å². The van der Waals surface area contributed by atoms with Crippen LogP contribution in [-0.4, -0.2) is 0 Å². The standard InChI is InChI=1S/C15H12F2N2/c1-10(12-4-7-14(16)15(17)8-12)19-13-5-2-11(9-18)3-6-13/h2-8,10,19H,1H3. The Hall–Kier alpha value is -2.41. The van der Waals surface area contributed by atoms with Gasteiger partial charge in [0.1, 0.15) is 0 Å². The molecule has 0 saturated heterocycles. The van der Waals surface area contributed by atoms with Gasteiger partial charge in [0, 0.05) is 11.7 Å². The molecule has 1 unspecified atom stereocenters. The number of benzene rings is 2. The van der Waals surface area contributed by atoms with E-state index in [2.05, 4.69) is 5.32 Å². The molecule has 0 radical (unpaired) electrons. The van der Waals surface area contributed by atoms with Gasteiger partial charge in [0.05, 0.1) is 11.6 Å². The molecule has 0 spiro atoms. The zero-order chi connectivity index (χ0) is 13.8. The van der Waals surface area contributed by atoms with Gasteiger partial charge in [0.25, 0.3) is 0 Å². The average molecular weight is 258 g/mol. The molecule has 0 heterocycles. The second-order valence-corrected chi connectivity index (χ2v) is 4.23. The maximum Gasteiger partial charge on any atom is 0.159 e. The normalized spacial score (nSPS) is 11.7. The molecule has 96 valence electrons. The fraction of sp³-hybridized carbons (Fsp3) is 0.133. The smallest absolute Gasteiger partial charge is 0.159 e. The lowest BCUT2D eigenvalue weighted by Crippen LogP contribution is -2.07. The summed E-state index contributed by atoms with van der Waals surface area (Å²) in [5.74, 6) is -1.71. The van der Waals surface area contributed by atoms with E-state index in [-0.39, 0.29) is 6.04 Å². The van der Waals surface area contributed by atoms with Gasteiger partial charge < -0.3 is 5.32 Å². The van der Waals surface area contributed by atoms with Crippen molar-refractivity contribution in [1.29, 1.82) is 5.26 Å². The molecule has 2 rings (SSSR count). The van der Waals surface area contributed by atoms with Crippen LogP contribution in [0.4, 0.5) is 14.5 Å². The Morgan fingerprint density at radius 3 is 2.32 bits per heavy atom. The number of nitriles is 1. The predicted molar refractivity (Wildman–Crippen MR) is 69.6 cm³/mol. The van der Waals surface area contributed by atoms with Crippen LogP contribution in [-0.2, 0) is 0 Å². The number of nitrogens with one attached hydrogen (secondary N) is 1. The second kappa shape index (κ2) is 5.49. The van der Waals surface area contributed by atoms with Crippen molar-refractivity contribution in [2.45, 2.75) is 13.0 Å². The molecule has 2 aromatic rings. The van der Waals surface area contributed by atoms with E-state index in [4.69, 9.17) is 5.26 Å². The lowest BCUT2D eigenvalue weighted by Gasteiger charge is -2.16. The topological polar surface area (TPSA) is 35.8 Å². The van der Waals surface area contributed by atoms with Crippen LogP contribution >= 0.6 is 0 Å². The van der Waals surface area contributed by atoms with Gasteiger partial charge in [-0.15, -0.1) is 0 Å². The van der Waals surface area contributed by atoms with Crippen molar-refractivity contribution in [3.8, 4) is 6.07 Å². The van der Waals surface area contributed by atoms with E-state index in [1.54, 1.807) is 30.3 Å². The van der Waals surface area contributed by atoms with Gasteiger partial charge in [-0.1, -0.05) is 6.07 Å². The van der Waals surface area contributed by atoms with Gasteiger partial charge in [0.2, 0.25) is 0 Å². The van der Waals surface area contributed by atoms with E-state index in [0.717, 1.165) is 11.8 Å². The quantitative estimate of drug-likeness (QED) is 0.902. The van der Waals surface area contributed by atoms with E-state index in [1.165, 1.54) is 6.07 Å². The van der Waals surface area contributed by atoms with Crippen molar-refractivity contribution < 1.29 is 8.78 Å². The molecule has 0 aliphatic rings. The fourth-order valence-corrected chi connectivity index (χ4v) is 1.76. The lowest BCUT2D eigenvalue weighted by molar-refractivity contribution is 0.506. The molecule has 2 aromatic carbocycles. The number of anilines is 1. The van der Waals surface area contributed by atoms with E-state index in [0.29, 0.717) is 11.1 Å². The minimum Gasteiger partial charge on any atom is -0.379 e. The third-order valence-corrected chi connectivity index (χ3v) is 2.84. The van der Waals surface area contributed by atoms with Gasteiger partial charge in [-0.25, -0.2) is 8.78 Å². The van der Waals surface area contributed by atoms with Gasteiger partial charge in [-0.3, -0.25) is 0 Å². The van der Waals surface area contributed by atoms with Crippen LogP contribution in [0.2, 0.25) is 0 Å². The highest BCUT2D eigenvalue weighted by molar-refractivity contribution is 5.48. The first kappa shape index (κ1) is 13.0. The van der Waals surface area contributed by atoms with Gasteiger partial charge >= 0.3 is 0 Å². The summed E-state index contributed by atoms with van der Waals surface area (Å²) < 4.78 is 26.0. The van der Waals surface area contributed by atoms with Crippen molar-refractivity contribution in [3.05, 3.63) is 65.2 Å². The summed E-state index contributed by atoms with van der Waals surface area (Å²) in [7, 11) is 0. The summed E-state index contributed by atoms with van der Waals surface area (Å²) in [6.45, 7) is 1.85. The molecule has 2 nitrogen and oxygen atoms in total. The third kappa shape index (κ3) is 3.08. The Bertz CT molecular complexity index is 615. The van der Waals surface area contributed by atoms with Crippen LogP contribution in [0.25, 0.3) is 0 Å². The highest BCUT2D eigenvalue weighted by Gasteiger charge is 2.09. The number of halogens is 2. The minimum absolute atomic E-state index is 0.164. The molecule has 0 aromatic heterocycles. The largest absolute Gasteiger partial charge is 0.379 e. The van der Waals surface area contributed by atoms with Gasteiger partial charge in [-0.2, -0.15) is 5.26 Å². The van der Waals surface area contributed by atoms with E-state index in [9.17, 15) is 8.78 Å². The Morgan fingerprint density at radius 1 is 1.05 bits per heavy atom. The third-order valence-electron chi connectivity index (χ3n) is 2.84. The maximum absolute atomic E-state index is 13.1. The molecule has 0 fully saturated rings. The molecule has 4 heteroatoms. The Labute approximate surface area is 110 Å². The number of hydrogen-bond donors (Lipinski definition) is 1. The summed E-state index contributed by atoms with van der Waals surface area (Å²) in [4.78, 5) is 0. The van der Waals surface area contributed by atoms with Gasteiger partial charge in [-0.05, 0) is 48.9 Å². The summed E-state index contributed by atoms with van der Waals surface area (Å²) in [5, 5.41) is 11.9. The van der Waals surface area contributed by atoms with E-state index < -0.39 is 11.6 Å². The van der Waals surface area contributed by atoms with Gasteiger partial charge in [0.15, 0.2) is 11.6 Å². The van der Waals surface area contributed by atoms with Crippen molar-refractivity contribution in [2.24, 2.45) is 0 Å². The van der Waals surface area contributed by atoms with E-state index >= 15 is 0 Å². The summed E-state index contributed by atoms with van der Waals surface area (Å²) in [6, 6.07) is 12.6. The zero-order valence-electron chi connectivity index (χ0n) is 10.3. The van der Waals surface area contributed by atoms with Crippen molar-refractivity contribution in [1.82, 2.24) is 0 Å². The second-order valence-electron chi connectivity index (χ2n) is 4.23. The zero-order valence-corrected chi connectivity index (χ0v) is 10.3. The first-order valence-electron chi connectivity index (χ1n) is 5.82. The summed E-state index contributed by atoms with van der Waals surface area (Å²) >= 11 is 0. The van der Waals surface area contributed by atoms with Crippen LogP contribution < -0.4 is 5.32 Å². The predicted octanol–water partition coefficient (Wildman–Crippen LogP) is 4.01. The monoisotopic (exact) mass is 258 g/mol. The Balaban J connectivity index is 2.13. The SMILES string of the molecule is CC(Nc1ccc(C#N)cc1)c1ccc(F)c(F)c1. The van der Waals surface area contributed by atoms with Crippen LogP contribution in [0.1, 0.15) is 24.1 Å². The molecule has 0 aliphatic carbocycles. The molecule has 1 atom stereocenters. The molecule has 0 bridgehead atoms.